The average molecular weight is 319 g/mol. The van der Waals surface area contributed by atoms with Gasteiger partial charge in [-0.2, -0.15) is 0 Å². The fourth-order valence-electron chi connectivity index (χ4n) is 2.60. The van der Waals surface area contributed by atoms with E-state index in [4.69, 9.17) is 0 Å². The van der Waals surface area contributed by atoms with E-state index in [0.717, 1.165) is 12.0 Å². The molecule has 1 aromatic rings. The van der Waals surface area contributed by atoms with Crippen LogP contribution in [0.2, 0.25) is 0 Å². The predicted octanol–water partition coefficient (Wildman–Crippen LogP) is 2.89. The number of nitrogens with one attached hydrogen (secondary N) is 1. The standard InChI is InChI=1S/C16H21N3O2S/c1-11(2)10-16(14-8-6-5-7-9-14)19(13(4)21)18-15(22-16)17-12(3)20/h5-9,11H,10H2,1-4H3,(H,17,18,20)/t16-/m1/s1. The zero-order valence-electron chi connectivity index (χ0n) is 13.3. The Bertz CT molecular complexity index is 601. The van der Waals surface area contributed by atoms with Crippen molar-refractivity contribution in [3.8, 4) is 0 Å². The van der Waals surface area contributed by atoms with Crippen LogP contribution < -0.4 is 5.32 Å². The van der Waals surface area contributed by atoms with Crippen LogP contribution in [0.1, 0.15) is 39.7 Å². The van der Waals surface area contributed by atoms with E-state index in [1.165, 1.54) is 30.6 Å². The van der Waals surface area contributed by atoms with Crippen molar-refractivity contribution in [3.63, 3.8) is 0 Å². The van der Waals surface area contributed by atoms with E-state index in [-0.39, 0.29) is 11.8 Å². The predicted molar refractivity (Wildman–Crippen MR) is 88.9 cm³/mol. The minimum absolute atomic E-state index is 0.141. The van der Waals surface area contributed by atoms with Crippen LogP contribution >= 0.6 is 11.8 Å². The number of amidine groups is 1. The van der Waals surface area contributed by atoms with Crippen molar-refractivity contribution in [2.24, 2.45) is 11.0 Å². The zero-order chi connectivity index (χ0) is 16.3. The Morgan fingerprint density at radius 2 is 1.91 bits per heavy atom. The van der Waals surface area contributed by atoms with Crippen molar-refractivity contribution in [1.82, 2.24) is 10.3 Å². The van der Waals surface area contributed by atoms with Gasteiger partial charge in [-0.3, -0.25) is 9.59 Å². The summed E-state index contributed by atoms with van der Waals surface area (Å²) in [5.41, 5.74) is 1.01. The Morgan fingerprint density at radius 1 is 1.27 bits per heavy atom. The molecule has 0 unspecified atom stereocenters. The highest BCUT2D eigenvalue weighted by Crippen LogP contribution is 2.49. The first-order chi connectivity index (χ1) is 10.3. The first-order valence-electron chi connectivity index (χ1n) is 7.26. The Kier molecular flexibility index (Phi) is 4.90. The molecule has 2 rings (SSSR count). The van der Waals surface area contributed by atoms with Crippen LogP contribution in [0.3, 0.4) is 0 Å². The third-order valence-corrected chi connectivity index (χ3v) is 4.58. The number of carbonyl (C=O) groups is 2. The Hall–Kier alpha value is -1.82. The van der Waals surface area contributed by atoms with E-state index in [2.05, 4.69) is 24.3 Å². The number of hydrogen-bond donors (Lipinski definition) is 1. The maximum absolute atomic E-state index is 12.1. The fraction of sp³-hybridized carbons (Fsp3) is 0.438. The van der Waals surface area contributed by atoms with Gasteiger partial charge in [-0.05, 0) is 17.9 Å². The molecule has 0 spiro atoms. The van der Waals surface area contributed by atoms with Gasteiger partial charge in [-0.1, -0.05) is 55.9 Å². The van der Waals surface area contributed by atoms with E-state index in [0.29, 0.717) is 11.1 Å². The second-order valence-corrected chi connectivity index (χ2v) is 7.03. The third kappa shape index (κ3) is 3.32. The summed E-state index contributed by atoms with van der Waals surface area (Å²) in [6, 6.07) is 9.84. The maximum Gasteiger partial charge on any atom is 0.241 e. The first-order valence-corrected chi connectivity index (χ1v) is 8.08. The van der Waals surface area contributed by atoms with Gasteiger partial charge in [0, 0.05) is 13.8 Å². The average Bonchev–Trinajstić information content (AvgIpc) is 2.78. The van der Waals surface area contributed by atoms with Gasteiger partial charge < -0.3 is 5.32 Å². The number of amides is 2. The zero-order valence-corrected chi connectivity index (χ0v) is 14.1. The molecule has 1 aromatic carbocycles. The SMILES string of the molecule is CC(=O)NC1=NN(C(C)=O)[C@@](CC(C)C)(c2ccccc2)S1. The highest BCUT2D eigenvalue weighted by atomic mass is 32.2. The Labute approximate surface area is 135 Å². The third-order valence-electron chi connectivity index (χ3n) is 3.29. The molecule has 1 heterocycles. The fourth-order valence-corrected chi connectivity index (χ4v) is 4.16. The lowest BCUT2D eigenvalue weighted by Gasteiger charge is -2.36. The van der Waals surface area contributed by atoms with Gasteiger partial charge in [0.2, 0.25) is 11.8 Å². The van der Waals surface area contributed by atoms with Crippen molar-refractivity contribution < 1.29 is 9.59 Å². The number of rotatable bonds is 3. The summed E-state index contributed by atoms with van der Waals surface area (Å²) in [7, 11) is 0. The van der Waals surface area contributed by atoms with Gasteiger partial charge in [0.05, 0.1) is 0 Å². The van der Waals surface area contributed by atoms with E-state index in [9.17, 15) is 9.59 Å². The molecule has 22 heavy (non-hydrogen) atoms. The second kappa shape index (κ2) is 6.52. The minimum Gasteiger partial charge on any atom is -0.304 e. The monoisotopic (exact) mass is 319 g/mol. The molecule has 6 heteroatoms. The molecule has 1 aliphatic heterocycles. The molecule has 1 aliphatic rings. The van der Waals surface area contributed by atoms with Gasteiger partial charge in [0.25, 0.3) is 0 Å². The maximum atomic E-state index is 12.1. The first kappa shape index (κ1) is 16.5. The summed E-state index contributed by atoms with van der Waals surface area (Å²) in [5.74, 6) is 0.0296. The number of hydrogen-bond acceptors (Lipinski definition) is 4. The lowest BCUT2D eigenvalue weighted by Crippen LogP contribution is -2.41. The van der Waals surface area contributed by atoms with Crippen molar-refractivity contribution in [1.29, 1.82) is 0 Å². The summed E-state index contributed by atoms with van der Waals surface area (Å²) >= 11 is 1.43. The van der Waals surface area contributed by atoms with Crippen molar-refractivity contribution in [3.05, 3.63) is 35.9 Å². The van der Waals surface area contributed by atoms with Gasteiger partial charge in [0.15, 0.2) is 5.17 Å². The molecule has 0 aliphatic carbocycles. The van der Waals surface area contributed by atoms with Crippen LogP contribution in [-0.4, -0.2) is 22.0 Å². The Balaban J connectivity index is 2.48. The molecule has 0 bridgehead atoms. The number of carbonyl (C=O) groups excluding carboxylic acids is 2. The van der Waals surface area contributed by atoms with Crippen molar-refractivity contribution in [2.75, 3.05) is 0 Å². The topological polar surface area (TPSA) is 61.8 Å². The van der Waals surface area contributed by atoms with Crippen LogP contribution in [0.15, 0.2) is 35.4 Å². The largest absolute Gasteiger partial charge is 0.304 e. The highest BCUT2D eigenvalue weighted by molar-refractivity contribution is 8.14. The summed E-state index contributed by atoms with van der Waals surface area (Å²) in [5, 5.41) is 9.01. The second-order valence-electron chi connectivity index (χ2n) is 5.77. The van der Waals surface area contributed by atoms with Gasteiger partial charge >= 0.3 is 0 Å². The quantitative estimate of drug-likeness (QED) is 0.932. The van der Waals surface area contributed by atoms with E-state index in [1.54, 1.807) is 0 Å². The van der Waals surface area contributed by atoms with Gasteiger partial charge in [-0.25, -0.2) is 5.01 Å². The normalized spacial score (nSPS) is 21.0. The lowest BCUT2D eigenvalue weighted by atomic mass is 9.95. The van der Waals surface area contributed by atoms with Crippen LogP contribution in [0.25, 0.3) is 0 Å². The van der Waals surface area contributed by atoms with Crippen LogP contribution in [0, 0.1) is 5.92 Å². The van der Waals surface area contributed by atoms with Crippen LogP contribution in [0.4, 0.5) is 0 Å². The van der Waals surface area contributed by atoms with Crippen LogP contribution in [-0.2, 0) is 14.5 Å². The molecular weight excluding hydrogens is 298 g/mol. The summed E-state index contributed by atoms with van der Waals surface area (Å²) in [6.07, 6.45) is 0.744. The number of hydrazone groups is 1. The molecule has 118 valence electrons. The molecule has 0 saturated carbocycles. The van der Waals surface area contributed by atoms with Gasteiger partial charge in [0.1, 0.15) is 4.87 Å². The minimum atomic E-state index is -0.612. The number of nitrogens with zero attached hydrogens (tertiary/aromatic N) is 2. The summed E-state index contributed by atoms with van der Waals surface area (Å²) in [6.45, 7) is 7.16. The molecule has 0 fully saturated rings. The van der Waals surface area contributed by atoms with Crippen molar-refractivity contribution >= 4 is 28.7 Å². The molecule has 5 nitrogen and oxygen atoms in total. The molecule has 0 radical (unpaired) electrons. The van der Waals surface area contributed by atoms with Crippen molar-refractivity contribution in [2.45, 2.75) is 39.0 Å². The molecule has 0 saturated heterocycles. The highest BCUT2D eigenvalue weighted by Gasteiger charge is 2.47. The molecule has 0 aromatic heterocycles. The molecule has 1 atom stereocenters. The molecule has 2 amide bonds. The smallest absolute Gasteiger partial charge is 0.241 e. The Morgan fingerprint density at radius 3 is 2.41 bits per heavy atom. The summed E-state index contributed by atoms with van der Waals surface area (Å²) in [4.78, 5) is 22.9. The van der Waals surface area contributed by atoms with Crippen LogP contribution in [0.5, 0.6) is 0 Å². The number of benzene rings is 1. The molecule has 1 N–H and O–H groups in total. The van der Waals surface area contributed by atoms with E-state index in [1.807, 2.05) is 30.3 Å². The van der Waals surface area contributed by atoms with E-state index < -0.39 is 4.87 Å². The van der Waals surface area contributed by atoms with E-state index >= 15 is 0 Å². The molecular formula is C16H21N3O2S. The number of thioether (sulfide) groups is 1. The van der Waals surface area contributed by atoms with Gasteiger partial charge in [-0.15, -0.1) is 5.10 Å². The lowest BCUT2D eigenvalue weighted by molar-refractivity contribution is -0.132. The summed E-state index contributed by atoms with van der Waals surface area (Å²) < 4.78 is 0.